The SMILES string of the molecule is C[C@H](NC(=O)C1CC1)C(=O)N1CCC(Cc2ccccc2)CC1. The maximum Gasteiger partial charge on any atom is 0.244 e. The Kier molecular flexibility index (Phi) is 4.99. The van der Waals surface area contributed by atoms with Crippen molar-refractivity contribution in [3.8, 4) is 0 Å². The number of hydrogen-bond donors (Lipinski definition) is 1. The van der Waals surface area contributed by atoms with E-state index in [0.717, 1.165) is 45.2 Å². The molecule has 0 aromatic heterocycles. The zero-order chi connectivity index (χ0) is 16.2. The second kappa shape index (κ2) is 7.16. The van der Waals surface area contributed by atoms with Crippen molar-refractivity contribution in [2.75, 3.05) is 13.1 Å². The van der Waals surface area contributed by atoms with Crippen LogP contribution in [0.2, 0.25) is 0 Å². The molecule has 23 heavy (non-hydrogen) atoms. The normalized spacial score (nSPS) is 20.1. The molecule has 3 rings (SSSR count). The molecule has 1 aliphatic heterocycles. The number of likely N-dealkylation sites (tertiary alicyclic amines) is 1. The number of nitrogens with zero attached hydrogens (tertiary/aromatic N) is 1. The summed E-state index contributed by atoms with van der Waals surface area (Å²) >= 11 is 0. The molecular formula is C19H26N2O2. The van der Waals surface area contributed by atoms with Crippen LogP contribution in [0.4, 0.5) is 0 Å². The zero-order valence-electron chi connectivity index (χ0n) is 13.8. The van der Waals surface area contributed by atoms with Gasteiger partial charge >= 0.3 is 0 Å². The van der Waals surface area contributed by atoms with Crippen molar-refractivity contribution in [3.05, 3.63) is 35.9 Å². The third-order valence-corrected chi connectivity index (χ3v) is 4.97. The van der Waals surface area contributed by atoms with Crippen LogP contribution in [0.15, 0.2) is 30.3 Å². The molecule has 1 saturated carbocycles. The van der Waals surface area contributed by atoms with Crippen molar-refractivity contribution in [2.45, 2.75) is 45.1 Å². The molecular weight excluding hydrogens is 288 g/mol. The summed E-state index contributed by atoms with van der Waals surface area (Å²) in [5, 5.41) is 2.86. The summed E-state index contributed by atoms with van der Waals surface area (Å²) in [5.41, 5.74) is 1.38. The predicted octanol–water partition coefficient (Wildman–Crippen LogP) is 2.38. The molecule has 1 N–H and O–H groups in total. The Labute approximate surface area is 138 Å². The number of rotatable bonds is 5. The number of piperidine rings is 1. The lowest BCUT2D eigenvalue weighted by Gasteiger charge is -2.33. The van der Waals surface area contributed by atoms with Crippen LogP contribution in [0.5, 0.6) is 0 Å². The van der Waals surface area contributed by atoms with Crippen molar-refractivity contribution in [2.24, 2.45) is 11.8 Å². The van der Waals surface area contributed by atoms with Crippen LogP contribution >= 0.6 is 0 Å². The van der Waals surface area contributed by atoms with Crippen molar-refractivity contribution < 1.29 is 9.59 Å². The summed E-state index contributed by atoms with van der Waals surface area (Å²) in [4.78, 5) is 26.1. The molecule has 1 aromatic rings. The minimum atomic E-state index is -0.395. The highest BCUT2D eigenvalue weighted by atomic mass is 16.2. The summed E-state index contributed by atoms with van der Waals surface area (Å²) in [7, 11) is 0. The first kappa shape index (κ1) is 16.0. The van der Waals surface area contributed by atoms with E-state index in [9.17, 15) is 9.59 Å². The first-order valence-electron chi connectivity index (χ1n) is 8.76. The quantitative estimate of drug-likeness (QED) is 0.907. The molecule has 0 radical (unpaired) electrons. The number of hydrogen-bond acceptors (Lipinski definition) is 2. The van der Waals surface area contributed by atoms with Gasteiger partial charge in [0.15, 0.2) is 0 Å². The number of benzene rings is 1. The first-order valence-corrected chi connectivity index (χ1v) is 8.76. The topological polar surface area (TPSA) is 49.4 Å². The molecule has 2 aliphatic rings. The fraction of sp³-hybridized carbons (Fsp3) is 0.579. The van der Waals surface area contributed by atoms with E-state index in [-0.39, 0.29) is 17.7 Å². The molecule has 2 amide bonds. The number of carbonyl (C=O) groups excluding carboxylic acids is 2. The molecule has 4 heteroatoms. The van der Waals surface area contributed by atoms with Gasteiger partial charge < -0.3 is 10.2 Å². The lowest BCUT2D eigenvalue weighted by Crippen LogP contribution is -2.49. The lowest BCUT2D eigenvalue weighted by molar-refractivity contribution is -0.137. The maximum absolute atomic E-state index is 12.5. The molecule has 1 heterocycles. The van der Waals surface area contributed by atoms with E-state index in [2.05, 4.69) is 29.6 Å². The molecule has 1 aromatic carbocycles. The van der Waals surface area contributed by atoms with Gasteiger partial charge in [-0.05, 0) is 50.5 Å². The van der Waals surface area contributed by atoms with Crippen LogP contribution in [0.25, 0.3) is 0 Å². The number of carbonyl (C=O) groups is 2. The maximum atomic E-state index is 12.5. The Morgan fingerprint density at radius 1 is 1.13 bits per heavy atom. The summed E-state index contributed by atoms with van der Waals surface area (Å²) < 4.78 is 0. The minimum absolute atomic E-state index is 0.0461. The third kappa shape index (κ3) is 4.34. The van der Waals surface area contributed by atoms with Gasteiger partial charge in [0.2, 0.25) is 11.8 Å². The second-order valence-electron chi connectivity index (χ2n) is 6.96. The smallest absolute Gasteiger partial charge is 0.244 e. The van der Waals surface area contributed by atoms with Crippen molar-refractivity contribution in [1.82, 2.24) is 10.2 Å². The van der Waals surface area contributed by atoms with Crippen LogP contribution in [0.3, 0.4) is 0 Å². The minimum Gasteiger partial charge on any atom is -0.344 e. The largest absolute Gasteiger partial charge is 0.344 e. The predicted molar refractivity (Wildman–Crippen MR) is 89.8 cm³/mol. The Hall–Kier alpha value is -1.84. The molecule has 4 nitrogen and oxygen atoms in total. The number of amides is 2. The van der Waals surface area contributed by atoms with E-state index >= 15 is 0 Å². The van der Waals surface area contributed by atoms with Crippen LogP contribution in [0.1, 0.15) is 38.2 Å². The third-order valence-electron chi connectivity index (χ3n) is 4.97. The van der Waals surface area contributed by atoms with Crippen molar-refractivity contribution >= 4 is 11.8 Å². The summed E-state index contributed by atoms with van der Waals surface area (Å²) in [6.45, 7) is 3.42. The van der Waals surface area contributed by atoms with Gasteiger partial charge in [0.1, 0.15) is 6.04 Å². The zero-order valence-corrected chi connectivity index (χ0v) is 13.8. The van der Waals surface area contributed by atoms with Gasteiger partial charge in [-0.15, -0.1) is 0 Å². The van der Waals surface area contributed by atoms with Gasteiger partial charge in [-0.1, -0.05) is 30.3 Å². The first-order chi connectivity index (χ1) is 11.1. The Bertz CT molecular complexity index is 546. The standard InChI is InChI=1S/C19H26N2O2/c1-14(20-18(22)17-7-8-17)19(23)21-11-9-16(10-12-21)13-15-5-3-2-4-6-15/h2-6,14,16-17H,7-13H2,1H3,(H,20,22)/t14-/m0/s1. The molecule has 1 aliphatic carbocycles. The molecule has 0 unspecified atom stereocenters. The monoisotopic (exact) mass is 314 g/mol. The molecule has 0 spiro atoms. The number of nitrogens with one attached hydrogen (secondary N) is 1. The Morgan fingerprint density at radius 3 is 2.39 bits per heavy atom. The lowest BCUT2D eigenvalue weighted by atomic mass is 9.90. The van der Waals surface area contributed by atoms with Crippen LogP contribution in [-0.2, 0) is 16.0 Å². The Balaban J connectivity index is 1.44. The van der Waals surface area contributed by atoms with Gasteiger partial charge in [0, 0.05) is 19.0 Å². The summed E-state index contributed by atoms with van der Waals surface area (Å²) in [5.74, 6) is 0.918. The van der Waals surface area contributed by atoms with E-state index < -0.39 is 6.04 Å². The van der Waals surface area contributed by atoms with E-state index in [1.54, 1.807) is 6.92 Å². The van der Waals surface area contributed by atoms with E-state index in [1.165, 1.54) is 5.56 Å². The molecule has 0 bridgehead atoms. The molecule has 124 valence electrons. The average molecular weight is 314 g/mol. The van der Waals surface area contributed by atoms with Gasteiger partial charge in [-0.25, -0.2) is 0 Å². The van der Waals surface area contributed by atoms with Crippen LogP contribution < -0.4 is 5.32 Å². The Morgan fingerprint density at radius 2 is 1.78 bits per heavy atom. The summed E-state index contributed by atoms with van der Waals surface area (Å²) in [6.07, 6.45) is 5.12. The van der Waals surface area contributed by atoms with Gasteiger partial charge in [-0.2, -0.15) is 0 Å². The summed E-state index contributed by atoms with van der Waals surface area (Å²) in [6, 6.07) is 10.2. The fourth-order valence-corrected chi connectivity index (χ4v) is 3.32. The van der Waals surface area contributed by atoms with Gasteiger partial charge in [0.25, 0.3) is 0 Å². The second-order valence-corrected chi connectivity index (χ2v) is 6.96. The molecule has 2 fully saturated rings. The van der Waals surface area contributed by atoms with Gasteiger partial charge in [-0.3, -0.25) is 9.59 Å². The highest BCUT2D eigenvalue weighted by molar-refractivity contribution is 5.89. The van der Waals surface area contributed by atoms with E-state index in [0.29, 0.717) is 5.92 Å². The van der Waals surface area contributed by atoms with Crippen LogP contribution in [-0.4, -0.2) is 35.8 Å². The van der Waals surface area contributed by atoms with E-state index in [4.69, 9.17) is 0 Å². The van der Waals surface area contributed by atoms with E-state index in [1.807, 2.05) is 11.0 Å². The average Bonchev–Trinajstić information content (AvgIpc) is 3.41. The van der Waals surface area contributed by atoms with Gasteiger partial charge in [0.05, 0.1) is 0 Å². The highest BCUT2D eigenvalue weighted by Crippen LogP contribution is 2.29. The van der Waals surface area contributed by atoms with Crippen molar-refractivity contribution in [3.63, 3.8) is 0 Å². The highest BCUT2D eigenvalue weighted by Gasteiger charge is 2.33. The molecule has 1 atom stereocenters. The molecule has 1 saturated heterocycles. The van der Waals surface area contributed by atoms with Crippen molar-refractivity contribution in [1.29, 1.82) is 0 Å². The fourth-order valence-electron chi connectivity index (χ4n) is 3.32. The van der Waals surface area contributed by atoms with Crippen LogP contribution in [0, 0.1) is 11.8 Å².